The van der Waals surface area contributed by atoms with Gasteiger partial charge in [-0.25, -0.2) is 9.59 Å². The van der Waals surface area contributed by atoms with Gasteiger partial charge in [0, 0.05) is 13.0 Å². The van der Waals surface area contributed by atoms with Gasteiger partial charge in [0.25, 0.3) is 0 Å². The van der Waals surface area contributed by atoms with E-state index in [0.717, 1.165) is 5.56 Å². The van der Waals surface area contributed by atoms with Crippen LogP contribution >= 0.6 is 0 Å². The summed E-state index contributed by atoms with van der Waals surface area (Å²) in [5.74, 6) is 0.0680. The van der Waals surface area contributed by atoms with Crippen molar-refractivity contribution in [2.24, 2.45) is 0 Å². The monoisotopic (exact) mass is 516 g/mol. The number of hydrogen-bond acceptors (Lipinski definition) is 10. The highest BCUT2D eigenvalue weighted by Gasteiger charge is 2.18. The van der Waals surface area contributed by atoms with Crippen molar-refractivity contribution in [1.29, 1.82) is 0 Å². The number of esters is 3. The van der Waals surface area contributed by atoms with E-state index in [-0.39, 0.29) is 25.8 Å². The lowest BCUT2D eigenvalue weighted by atomic mass is 10.2. The van der Waals surface area contributed by atoms with E-state index in [2.05, 4.69) is 10.6 Å². The Hall–Kier alpha value is -3.95. The summed E-state index contributed by atoms with van der Waals surface area (Å²) in [6.45, 7) is 11.0. The van der Waals surface area contributed by atoms with Crippen molar-refractivity contribution < 1.29 is 38.1 Å². The number of nitrogens with one attached hydrogen (secondary N) is 2. The van der Waals surface area contributed by atoms with E-state index < -0.39 is 24.0 Å². The first-order valence-corrected chi connectivity index (χ1v) is 12.2. The van der Waals surface area contributed by atoms with Crippen LogP contribution in [0.2, 0.25) is 0 Å². The number of ether oxygens (including phenoxy) is 5. The first kappa shape index (κ1) is 29.3. The number of hydrogen-bond donors (Lipinski definition) is 2. The van der Waals surface area contributed by atoms with Crippen LogP contribution in [0.1, 0.15) is 40.2 Å². The van der Waals surface area contributed by atoms with E-state index in [1.807, 2.05) is 25.1 Å². The molecule has 0 radical (unpaired) electrons. The number of rotatable bonds is 14. The zero-order chi connectivity index (χ0) is 27.4. The number of carbonyl (C=O) groups is 3. The average molecular weight is 517 g/mol. The maximum atomic E-state index is 12.1. The minimum Gasteiger partial charge on any atom is -0.488 e. The smallest absolute Gasteiger partial charge is 0.328 e. The lowest BCUT2D eigenvalue weighted by Gasteiger charge is -2.19. The minimum atomic E-state index is -0.659. The molecule has 2 unspecified atom stereocenters. The van der Waals surface area contributed by atoms with Gasteiger partial charge < -0.3 is 34.3 Å². The summed E-state index contributed by atoms with van der Waals surface area (Å²) in [6, 6.07) is 9.22. The SMILES string of the molecule is CCOC(=O)C(C)Nc1cc(OC(C)=O)ccc1OCCOc1cc(C)ccc1NC(C)C(=O)OCC. The van der Waals surface area contributed by atoms with Crippen molar-refractivity contribution in [2.45, 2.75) is 53.6 Å². The van der Waals surface area contributed by atoms with Crippen LogP contribution in [0.15, 0.2) is 36.4 Å². The summed E-state index contributed by atoms with van der Waals surface area (Å²) < 4.78 is 27.1. The van der Waals surface area contributed by atoms with Crippen molar-refractivity contribution in [3.8, 4) is 17.2 Å². The normalized spacial score (nSPS) is 12.1. The zero-order valence-electron chi connectivity index (χ0n) is 22.2. The van der Waals surface area contributed by atoms with E-state index in [1.165, 1.54) is 6.92 Å². The summed E-state index contributed by atoms with van der Waals surface area (Å²) in [5.41, 5.74) is 2.11. The van der Waals surface area contributed by atoms with Crippen LogP contribution in [0.25, 0.3) is 0 Å². The van der Waals surface area contributed by atoms with E-state index in [9.17, 15) is 14.4 Å². The van der Waals surface area contributed by atoms with Crippen LogP contribution in [0.3, 0.4) is 0 Å². The Morgan fingerprint density at radius 2 is 1.35 bits per heavy atom. The molecule has 0 saturated carbocycles. The third-order valence-electron chi connectivity index (χ3n) is 4.97. The Kier molecular flexibility index (Phi) is 11.5. The molecule has 10 heteroatoms. The number of benzene rings is 2. The molecule has 2 N–H and O–H groups in total. The Labute approximate surface area is 217 Å². The molecule has 2 rings (SSSR count). The summed E-state index contributed by atoms with van der Waals surface area (Å²) in [5, 5.41) is 6.16. The topological polar surface area (TPSA) is 121 Å². The Balaban J connectivity index is 2.08. The highest BCUT2D eigenvalue weighted by Crippen LogP contribution is 2.31. The summed E-state index contributed by atoms with van der Waals surface area (Å²) in [4.78, 5) is 35.5. The highest BCUT2D eigenvalue weighted by atomic mass is 16.5. The summed E-state index contributed by atoms with van der Waals surface area (Å²) >= 11 is 0. The summed E-state index contributed by atoms with van der Waals surface area (Å²) in [7, 11) is 0. The van der Waals surface area contributed by atoms with Gasteiger partial charge in [-0.2, -0.15) is 0 Å². The maximum Gasteiger partial charge on any atom is 0.328 e. The number of aryl methyl sites for hydroxylation is 1. The van der Waals surface area contributed by atoms with E-state index >= 15 is 0 Å². The molecule has 0 heterocycles. The van der Waals surface area contributed by atoms with Crippen molar-refractivity contribution in [3.63, 3.8) is 0 Å². The van der Waals surface area contributed by atoms with Crippen LogP contribution < -0.4 is 24.8 Å². The lowest BCUT2D eigenvalue weighted by molar-refractivity contribution is -0.144. The van der Waals surface area contributed by atoms with Crippen molar-refractivity contribution >= 4 is 29.3 Å². The van der Waals surface area contributed by atoms with Gasteiger partial charge in [-0.3, -0.25) is 4.79 Å². The molecule has 0 spiro atoms. The second-order valence-electron chi connectivity index (χ2n) is 8.18. The zero-order valence-corrected chi connectivity index (χ0v) is 22.2. The molecule has 10 nitrogen and oxygen atoms in total. The van der Waals surface area contributed by atoms with Crippen molar-refractivity contribution in [1.82, 2.24) is 0 Å². The summed E-state index contributed by atoms with van der Waals surface area (Å²) in [6.07, 6.45) is 0. The molecule has 0 saturated heterocycles. The van der Waals surface area contributed by atoms with Gasteiger partial charge in [0.15, 0.2) is 0 Å². The molecule has 0 bridgehead atoms. The van der Waals surface area contributed by atoms with Gasteiger partial charge in [-0.05, 0) is 64.4 Å². The van der Waals surface area contributed by atoms with Gasteiger partial charge in [0.2, 0.25) is 0 Å². The van der Waals surface area contributed by atoms with Crippen LogP contribution in [-0.4, -0.2) is 56.4 Å². The fourth-order valence-electron chi connectivity index (χ4n) is 3.27. The highest BCUT2D eigenvalue weighted by molar-refractivity contribution is 5.80. The van der Waals surface area contributed by atoms with Gasteiger partial charge in [-0.1, -0.05) is 6.07 Å². The van der Waals surface area contributed by atoms with Gasteiger partial charge >= 0.3 is 17.9 Å². The van der Waals surface area contributed by atoms with Crippen LogP contribution in [-0.2, 0) is 23.9 Å². The maximum absolute atomic E-state index is 12.1. The quantitative estimate of drug-likeness (QED) is 0.216. The molecule has 0 aromatic heterocycles. The van der Waals surface area contributed by atoms with E-state index in [0.29, 0.717) is 35.2 Å². The van der Waals surface area contributed by atoms with Gasteiger partial charge in [-0.15, -0.1) is 0 Å². The molecule has 0 amide bonds. The van der Waals surface area contributed by atoms with Crippen molar-refractivity contribution in [2.75, 3.05) is 37.1 Å². The number of anilines is 2. The van der Waals surface area contributed by atoms with Crippen LogP contribution in [0.5, 0.6) is 17.2 Å². The largest absolute Gasteiger partial charge is 0.488 e. The Bertz CT molecular complexity index is 1070. The second kappa shape index (κ2) is 14.6. The van der Waals surface area contributed by atoms with Crippen LogP contribution in [0, 0.1) is 6.92 Å². The second-order valence-corrected chi connectivity index (χ2v) is 8.18. The molecule has 0 aliphatic rings. The minimum absolute atomic E-state index is 0.177. The Morgan fingerprint density at radius 3 is 1.92 bits per heavy atom. The molecule has 2 atom stereocenters. The molecule has 0 fully saturated rings. The van der Waals surface area contributed by atoms with Crippen LogP contribution in [0.4, 0.5) is 11.4 Å². The van der Waals surface area contributed by atoms with E-state index in [4.69, 9.17) is 23.7 Å². The molecule has 0 aliphatic heterocycles. The molecular weight excluding hydrogens is 480 g/mol. The molecule has 37 heavy (non-hydrogen) atoms. The average Bonchev–Trinajstić information content (AvgIpc) is 2.84. The predicted octanol–water partition coefficient (Wildman–Crippen LogP) is 4.11. The number of carbonyl (C=O) groups excluding carboxylic acids is 3. The molecule has 2 aromatic carbocycles. The standard InChI is InChI=1S/C27H36N2O8/c1-7-33-26(31)18(4)28-22-11-9-17(3)15-25(22)36-14-13-35-24-12-10-21(37-20(6)30)16-23(24)29-19(5)27(32)34-8-2/h9-12,15-16,18-19,28-29H,7-8,13-14H2,1-6H3. The molecule has 0 aliphatic carbocycles. The van der Waals surface area contributed by atoms with Gasteiger partial charge in [0.1, 0.15) is 42.5 Å². The van der Waals surface area contributed by atoms with E-state index in [1.54, 1.807) is 45.9 Å². The molecule has 202 valence electrons. The van der Waals surface area contributed by atoms with Crippen molar-refractivity contribution in [3.05, 3.63) is 42.0 Å². The molecular formula is C27H36N2O8. The van der Waals surface area contributed by atoms with Gasteiger partial charge in [0.05, 0.1) is 24.6 Å². The molecule has 2 aromatic rings. The predicted molar refractivity (Wildman–Crippen MR) is 139 cm³/mol. The third-order valence-corrected chi connectivity index (χ3v) is 4.97. The fraction of sp³-hybridized carbons (Fsp3) is 0.444. The lowest BCUT2D eigenvalue weighted by Crippen LogP contribution is -2.28. The third kappa shape index (κ3) is 9.55. The fourth-order valence-corrected chi connectivity index (χ4v) is 3.27. The first-order valence-electron chi connectivity index (χ1n) is 12.2. The first-order chi connectivity index (χ1) is 17.6. The Morgan fingerprint density at radius 1 is 0.784 bits per heavy atom.